The van der Waals surface area contributed by atoms with E-state index >= 15 is 0 Å². The number of hydrogen-bond acceptors (Lipinski definition) is 3. The van der Waals surface area contributed by atoms with Gasteiger partial charge in [0.05, 0.1) is 31.7 Å². The van der Waals surface area contributed by atoms with E-state index in [1.165, 1.54) is 40.2 Å². The number of quaternary nitrogens is 1. The third-order valence-corrected chi connectivity index (χ3v) is 7.99. The van der Waals surface area contributed by atoms with Gasteiger partial charge in [0, 0.05) is 29.6 Å². The largest absolute Gasteiger partial charge is 0.360 e. The SMILES string of the molecule is CC(=O)Nc1sc2c(c1C(c1cccc[nH+]1)[NH+]1CCN(c3ccccc3)CC1)CCCC2. The summed E-state index contributed by atoms with van der Waals surface area (Å²) in [5, 5.41) is 4.26. The number of benzene rings is 1. The predicted molar refractivity (Wildman–Crippen MR) is 129 cm³/mol. The Morgan fingerprint density at radius 2 is 1.81 bits per heavy atom. The topological polar surface area (TPSA) is 50.9 Å². The number of aromatic amines is 1. The molecule has 32 heavy (non-hydrogen) atoms. The van der Waals surface area contributed by atoms with Crippen LogP contribution in [-0.2, 0) is 17.6 Å². The van der Waals surface area contributed by atoms with E-state index in [1.807, 2.05) is 12.3 Å². The maximum absolute atomic E-state index is 12.1. The quantitative estimate of drug-likeness (QED) is 0.631. The van der Waals surface area contributed by atoms with Gasteiger partial charge in [0.2, 0.25) is 17.6 Å². The lowest BCUT2D eigenvalue weighted by molar-refractivity contribution is -0.930. The van der Waals surface area contributed by atoms with Gasteiger partial charge in [-0.05, 0) is 49.4 Å². The zero-order valence-electron chi connectivity index (χ0n) is 18.7. The molecule has 3 heterocycles. The summed E-state index contributed by atoms with van der Waals surface area (Å²) < 4.78 is 0. The Bertz CT molecular complexity index is 1060. The molecule has 0 spiro atoms. The van der Waals surface area contributed by atoms with Crippen LogP contribution in [0.3, 0.4) is 0 Å². The van der Waals surface area contributed by atoms with E-state index in [4.69, 9.17) is 0 Å². The van der Waals surface area contributed by atoms with Gasteiger partial charge < -0.3 is 15.1 Å². The van der Waals surface area contributed by atoms with Crippen LogP contribution in [0.1, 0.15) is 47.5 Å². The first-order chi connectivity index (χ1) is 15.7. The van der Waals surface area contributed by atoms with Gasteiger partial charge in [0.1, 0.15) is 5.00 Å². The van der Waals surface area contributed by atoms with E-state index in [0.717, 1.165) is 44.0 Å². The maximum Gasteiger partial charge on any atom is 0.243 e. The monoisotopic (exact) mass is 448 g/mol. The molecule has 1 saturated heterocycles. The Labute approximate surface area is 194 Å². The molecule has 1 aliphatic heterocycles. The first-order valence-electron chi connectivity index (χ1n) is 11.7. The standard InChI is InChI=1S/C26H30N4OS/c1-19(31)28-26-24(21-11-5-6-13-23(21)32-26)25(22-12-7-8-14-27-22)30-17-15-29(16-18-30)20-9-3-2-4-10-20/h2-4,7-10,12,14,25H,5-6,11,13,15-18H2,1H3,(H,28,31)/p+2. The van der Waals surface area contributed by atoms with E-state index in [1.54, 1.807) is 23.2 Å². The minimum atomic E-state index is 0.0181. The molecule has 1 aliphatic carbocycles. The highest BCUT2D eigenvalue weighted by molar-refractivity contribution is 7.16. The molecule has 1 amide bonds. The van der Waals surface area contributed by atoms with Crippen LogP contribution in [0.25, 0.3) is 0 Å². The Morgan fingerprint density at radius 1 is 1.06 bits per heavy atom. The number of rotatable bonds is 5. The number of hydrogen-bond donors (Lipinski definition) is 2. The number of nitrogens with zero attached hydrogens (tertiary/aromatic N) is 1. The van der Waals surface area contributed by atoms with Crippen LogP contribution < -0.4 is 20.1 Å². The summed E-state index contributed by atoms with van der Waals surface area (Å²) in [4.78, 5) is 21.2. The summed E-state index contributed by atoms with van der Waals surface area (Å²) in [5.41, 5.74) is 5.38. The highest BCUT2D eigenvalue weighted by atomic mass is 32.1. The lowest BCUT2D eigenvalue weighted by Gasteiger charge is -2.37. The normalized spacial score (nSPS) is 17.6. The maximum atomic E-state index is 12.1. The number of amides is 1. The van der Waals surface area contributed by atoms with Crippen molar-refractivity contribution in [3.63, 3.8) is 0 Å². The Morgan fingerprint density at radius 3 is 2.53 bits per heavy atom. The molecule has 1 unspecified atom stereocenters. The molecule has 2 aliphatic rings. The molecule has 2 aromatic heterocycles. The molecular formula is C26H32N4OS+2. The van der Waals surface area contributed by atoms with Crippen molar-refractivity contribution in [2.75, 3.05) is 36.4 Å². The number of aromatic nitrogens is 1. The van der Waals surface area contributed by atoms with Crippen molar-refractivity contribution >= 4 is 27.9 Å². The van der Waals surface area contributed by atoms with Gasteiger partial charge in [-0.2, -0.15) is 0 Å². The predicted octanol–water partition coefficient (Wildman–Crippen LogP) is 2.89. The summed E-state index contributed by atoms with van der Waals surface area (Å²) >= 11 is 1.81. The van der Waals surface area contributed by atoms with Crippen LogP contribution in [0.15, 0.2) is 54.7 Å². The van der Waals surface area contributed by atoms with E-state index in [2.05, 4.69) is 57.7 Å². The minimum Gasteiger partial charge on any atom is -0.360 e. The zero-order valence-corrected chi connectivity index (χ0v) is 19.5. The number of aryl methyl sites for hydroxylation is 1. The second kappa shape index (κ2) is 9.43. The average molecular weight is 449 g/mol. The van der Waals surface area contributed by atoms with E-state index in [-0.39, 0.29) is 11.9 Å². The summed E-state index contributed by atoms with van der Waals surface area (Å²) in [7, 11) is 0. The zero-order chi connectivity index (χ0) is 21.9. The first kappa shape index (κ1) is 21.2. The first-order valence-corrected chi connectivity index (χ1v) is 12.6. The third-order valence-electron chi connectivity index (χ3n) is 6.77. The molecule has 0 saturated carbocycles. The second-order valence-electron chi connectivity index (χ2n) is 8.87. The highest BCUT2D eigenvalue weighted by Crippen LogP contribution is 2.42. The van der Waals surface area contributed by atoms with Crippen LogP contribution in [-0.4, -0.2) is 32.1 Å². The summed E-state index contributed by atoms with van der Waals surface area (Å²) in [5.74, 6) is 0.0181. The summed E-state index contributed by atoms with van der Waals surface area (Å²) in [6.07, 6.45) is 6.76. The Hall–Kier alpha value is -2.70. The summed E-state index contributed by atoms with van der Waals surface area (Å²) in [6, 6.07) is 17.3. The molecule has 3 N–H and O–H groups in total. The van der Waals surface area contributed by atoms with E-state index in [0.29, 0.717) is 0 Å². The van der Waals surface area contributed by atoms with Crippen LogP contribution in [0.2, 0.25) is 0 Å². The molecule has 1 fully saturated rings. The molecule has 1 aromatic carbocycles. The molecule has 0 radical (unpaired) electrons. The van der Waals surface area contributed by atoms with Crippen LogP contribution in [0.4, 0.5) is 10.7 Å². The van der Waals surface area contributed by atoms with Crippen molar-refractivity contribution in [2.45, 2.75) is 38.6 Å². The number of H-pyrrole nitrogens is 1. The number of nitrogens with one attached hydrogen (secondary N) is 3. The van der Waals surface area contributed by atoms with Gasteiger partial charge in [-0.1, -0.05) is 18.2 Å². The van der Waals surface area contributed by atoms with Gasteiger partial charge >= 0.3 is 0 Å². The molecule has 3 aromatic rings. The molecule has 5 rings (SSSR count). The summed E-state index contributed by atoms with van der Waals surface area (Å²) in [6.45, 7) is 5.81. The van der Waals surface area contributed by atoms with E-state index < -0.39 is 0 Å². The van der Waals surface area contributed by atoms with Crippen molar-refractivity contribution < 1.29 is 14.7 Å². The van der Waals surface area contributed by atoms with Crippen molar-refractivity contribution in [1.29, 1.82) is 0 Å². The minimum absolute atomic E-state index is 0.0181. The Balaban J connectivity index is 1.51. The van der Waals surface area contributed by atoms with Crippen molar-refractivity contribution in [2.24, 2.45) is 0 Å². The third kappa shape index (κ3) is 4.30. The lowest BCUT2D eigenvalue weighted by Crippen LogP contribution is -3.15. The van der Waals surface area contributed by atoms with Crippen LogP contribution in [0, 0.1) is 0 Å². The fourth-order valence-corrected chi connectivity index (χ4v) is 6.67. The molecule has 0 bridgehead atoms. The van der Waals surface area contributed by atoms with Crippen molar-refractivity contribution in [3.05, 3.63) is 76.4 Å². The highest BCUT2D eigenvalue weighted by Gasteiger charge is 2.39. The van der Waals surface area contributed by atoms with Gasteiger partial charge in [-0.3, -0.25) is 4.79 Å². The lowest BCUT2D eigenvalue weighted by atomic mass is 9.90. The number of anilines is 2. The van der Waals surface area contributed by atoms with Gasteiger partial charge in [-0.15, -0.1) is 11.3 Å². The van der Waals surface area contributed by atoms with E-state index in [9.17, 15) is 4.79 Å². The molecule has 166 valence electrons. The molecule has 5 nitrogen and oxygen atoms in total. The van der Waals surface area contributed by atoms with Gasteiger partial charge in [-0.25, -0.2) is 4.98 Å². The van der Waals surface area contributed by atoms with Gasteiger partial charge in [0.25, 0.3) is 0 Å². The average Bonchev–Trinajstić information content (AvgIpc) is 3.18. The van der Waals surface area contributed by atoms with Gasteiger partial charge in [0.15, 0.2) is 6.20 Å². The second-order valence-corrected chi connectivity index (χ2v) is 9.97. The Kier molecular flexibility index (Phi) is 6.23. The number of fused-ring (bicyclic) bond motifs is 1. The smallest absolute Gasteiger partial charge is 0.243 e. The van der Waals surface area contributed by atoms with Crippen LogP contribution in [0.5, 0.6) is 0 Å². The number of para-hydroxylation sites is 1. The number of pyridine rings is 1. The fourth-order valence-electron chi connectivity index (χ4n) is 5.29. The molecular weight excluding hydrogens is 416 g/mol. The van der Waals surface area contributed by atoms with Crippen molar-refractivity contribution in [1.82, 2.24) is 0 Å². The molecule has 6 heteroatoms. The number of thiophene rings is 1. The van der Waals surface area contributed by atoms with Crippen LogP contribution >= 0.6 is 11.3 Å². The fraction of sp³-hybridized carbons (Fsp3) is 0.385. The number of carbonyl (C=O) groups is 1. The number of piperazine rings is 1. The number of carbonyl (C=O) groups excluding carboxylic acids is 1. The molecule has 1 atom stereocenters. The van der Waals surface area contributed by atoms with Crippen molar-refractivity contribution in [3.8, 4) is 0 Å².